The van der Waals surface area contributed by atoms with E-state index in [0.29, 0.717) is 18.0 Å². The third-order valence-electron chi connectivity index (χ3n) is 4.77. The highest BCUT2D eigenvalue weighted by Crippen LogP contribution is 2.26. The van der Waals surface area contributed by atoms with Crippen LogP contribution >= 0.6 is 11.3 Å². The van der Waals surface area contributed by atoms with E-state index in [2.05, 4.69) is 10.3 Å². The van der Waals surface area contributed by atoms with Gasteiger partial charge < -0.3 is 14.8 Å². The van der Waals surface area contributed by atoms with Gasteiger partial charge in [0.05, 0.1) is 23.9 Å². The molecule has 0 bridgehead atoms. The molecule has 1 aliphatic heterocycles. The van der Waals surface area contributed by atoms with Crippen molar-refractivity contribution in [3.05, 3.63) is 65.7 Å². The number of para-hydroxylation sites is 2. The molecule has 4 rings (SSSR count). The number of carbonyl (C=O) groups excluding carboxylic acids is 1. The lowest BCUT2D eigenvalue weighted by molar-refractivity contribution is -0.115. The number of rotatable bonds is 7. The van der Waals surface area contributed by atoms with Crippen LogP contribution in [0.3, 0.4) is 0 Å². The Morgan fingerprint density at radius 1 is 1.14 bits per heavy atom. The van der Waals surface area contributed by atoms with Crippen molar-refractivity contribution in [1.29, 1.82) is 0 Å². The molecule has 1 fully saturated rings. The summed E-state index contributed by atoms with van der Waals surface area (Å²) in [5.74, 6) is 0.554. The predicted molar refractivity (Wildman–Crippen MR) is 115 cm³/mol. The maximum absolute atomic E-state index is 12.6. The lowest BCUT2D eigenvalue weighted by Crippen LogP contribution is -2.26. The lowest BCUT2D eigenvalue weighted by atomic mass is 10.1. The van der Waals surface area contributed by atoms with E-state index in [-0.39, 0.29) is 18.4 Å². The number of nitrogens with zero attached hydrogens (tertiary/aromatic N) is 1. The Balaban J connectivity index is 1.35. The van der Waals surface area contributed by atoms with Crippen molar-refractivity contribution in [3.63, 3.8) is 0 Å². The molecule has 0 radical (unpaired) electrons. The van der Waals surface area contributed by atoms with Gasteiger partial charge in [0.2, 0.25) is 5.91 Å². The molecule has 1 aliphatic rings. The van der Waals surface area contributed by atoms with E-state index in [1.54, 1.807) is 11.3 Å². The Morgan fingerprint density at radius 3 is 2.79 bits per heavy atom. The number of anilines is 1. The van der Waals surface area contributed by atoms with Crippen LogP contribution in [0.1, 0.15) is 25.0 Å². The lowest BCUT2D eigenvalue weighted by Gasteiger charge is -2.23. The topological polar surface area (TPSA) is 60.5 Å². The summed E-state index contributed by atoms with van der Waals surface area (Å²) in [5, 5.41) is 5.81. The fraction of sp³-hybridized carbons (Fsp3) is 0.304. The van der Waals surface area contributed by atoms with E-state index in [9.17, 15) is 4.79 Å². The average molecular weight is 409 g/mol. The maximum Gasteiger partial charge on any atom is 0.230 e. The highest BCUT2D eigenvalue weighted by Gasteiger charge is 2.16. The number of benzene rings is 2. The molecule has 0 saturated carbocycles. The van der Waals surface area contributed by atoms with Gasteiger partial charge in [-0.2, -0.15) is 0 Å². The number of amides is 1. The van der Waals surface area contributed by atoms with Gasteiger partial charge in [-0.15, -0.1) is 11.3 Å². The standard InChI is InChI=1S/C23H24N2O3S/c26-22(14-18-16-29-23(24-18)17-8-2-1-3-9-17)25-20-11-4-5-12-21(20)28-15-19-10-6-7-13-27-19/h1-5,8-9,11-12,16,19H,6-7,10,13-15H2,(H,25,26). The van der Waals surface area contributed by atoms with E-state index in [1.165, 1.54) is 6.42 Å². The van der Waals surface area contributed by atoms with Crippen molar-refractivity contribution >= 4 is 22.9 Å². The normalized spacial score (nSPS) is 16.3. The molecule has 0 spiro atoms. The van der Waals surface area contributed by atoms with Gasteiger partial charge in [-0.25, -0.2) is 4.98 Å². The molecule has 1 N–H and O–H groups in total. The number of thiazole rings is 1. The molecule has 1 atom stereocenters. The van der Waals surface area contributed by atoms with Crippen LogP contribution in [-0.4, -0.2) is 30.2 Å². The average Bonchev–Trinajstić information content (AvgIpc) is 3.23. The van der Waals surface area contributed by atoms with E-state index in [4.69, 9.17) is 9.47 Å². The van der Waals surface area contributed by atoms with Gasteiger partial charge in [-0.1, -0.05) is 42.5 Å². The second-order valence-corrected chi connectivity index (χ2v) is 7.89. The minimum atomic E-state index is -0.111. The number of aromatic nitrogens is 1. The van der Waals surface area contributed by atoms with Crippen molar-refractivity contribution in [3.8, 4) is 16.3 Å². The van der Waals surface area contributed by atoms with Crippen LogP contribution in [0.25, 0.3) is 10.6 Å². The quantitative estimate of drug-likeness (QED) is 0.602. The first-order valence-corrected chi connectivity index (χ1v) is 10.8. The van der Waals surface area contributed by atoms with Gasteiger partial charge in [-0.05, 0) is 31.4 Å². The summed E-state index contributed by atoms with van der Waals surface area (Å²) in [5.41, 5.74) is 2.50. The van der Waals surface area contributed by atoms with Gasteiger partial charge in [0.1, 0.15) is 17.4 Å². The number of ether oxygens (including phenoxy) is 2. The highest BCUT2D eigenvalue weighted by atomic mass is 32.1. The fourth-order valence-electron chi connectivity index (χ4n) is 3.28. The van der Waals surface area contributed by atoms with Gasteiger partial charge in [0, 0.05) is 17.6 Å². The summed E-state index contributed by atoms with van der Waals surface area (Å²) in [6, 6.07) is 17.5. The SMILES string of the molecule is O=C(Cc1csc(-c2ccccc2)n1)Nc1ccccc1OCC1CCCCO1. The monoisotopic (exact) mass is 408 g/mol. The number of hydrogen-bond donors (Lipinski definition) is 1. The Kier molecular flexibility index (Phi) is 6.54. The molecule has 29 heavy (non-hydrogen) atoms. The van der Waals surface area contributed by atoms with E-state index >= 15 is 0 Å². The molecule has 1 aromatic heterocycles. The Bertz CT molecular complexity index is 936. The minimum absolute atomic E-state index is 0.111. The summed E-state index contributed by atoms with van der Waals surface area (Å²) < 4.78 is 11.7. The van der Waals surface area contributed by atoms with E-state index in [0.717, 1.165) is 35.7 Å². The van der Waals surface area contributed by atoms with Gasteiger partial charge in [0.15, 0.2) is 0 Å². The Hall–Kier alpha value is -2.70. The van der Waals surface area contributed by atoms with E-state index < -0.39 is 0 Å². The van der Waals surface area contributed by atoms with E-state index in [1.807, 2.05) is 60.0 Å². The summed E-state index contributed by atoms with van der Waals surface area (Å²) in [7, 11) is 0. The zero-order chi connectivity index (χ0) is 19.9. The Morgan fingerprint density at radius 2 is 1.97 bits per heavy atom. The van der Waals surface area contributed by atoms with Crippen LogP contribution in [0.15, 0.2) is 60.0 Å². The molecule has 1 saturated heterocycles. The molecule has 2 heterocycles. The van der Waals surface area contributed by atoms with Crippen molar-refractivity contribution in [2.24, 2.45) is 0 Å². The molecule has 150 valence electrons. The van der Waals surface area contributed by atoms with Crippen LogP contribution in [0.5, 0.6) is 5.75 Å². The number of hydrogen-bond acceptors (Lipinski definition) is 5. The summed E-state index contributed by atoms with van der Waals surface area (Å²) in [4.78, 5) is 17.2. The van der Waals surface area contributed by atoms with Gasteiger partial charge in [0.25, 0.3) is 0 Å². The second-order valence-electron chi connectivity index (χ2n) is 7.03. The molecular formula is C23H24N2O3S. The summed E-state index contributed by atoms with van der Waals surface area (Å²) >= 11 is 1.55. The van der Waals surface area contributed by atoms with Crippen molar-refractivity contribution in [2.75, 3.05) is 18.5 Å². The van der Waals surface area contributed by atoms with Crippen LogP contribution in [0.4, 0.5) is 5.69 Å². The molecule has 3 aromatic rings. The predicted octanol–water partition coefficient (Wildman–Crippen LogP) is 4.94. The van der Waals surface area contributed by atoms with Crippen LogP contribution in [0, 0.1) is 0 Å². The molecule has 1 amide bonds. The smallest absolute Gasteiger partial charge is 0.230 e. The fourth-order valence-corrected chi connectivity index (χ4v) is 4.10. The molecule has 5 nitrogen and oxygen atoms in total. The van der Waals surface area contributed by atoms with Crippen molar-refractivity contribution in [1.82, 2.24) is 4.98 Å². The largest absolute Gasteiger partial charge is 0.489 e. The highest BCUT2D eigenvalue weighted by molar-refractivity contribution is 7.13. The second kappa shape index (κ2) is 9.67. The first-order chi connectivity index (χ1) is 14.3. The van der Waals surface area contributed by atoms with Crippen molar-refractivity contribution < 1.29 is 14.3 Å². The number of carbonyl (C=O) groups is 1. The zero-order valence-electron chi connectivity index (χ0n) is 16.2. The maximum atomic E-state index is 12.6. The van der Waals surface area contributed by atoms with Crippen LogP contribution in [-0.2, 0) is 16.0 Å². The molecule has 0 aliphatic carbocycles. The molecule has 1 unspecified atom stereocenters. The van der Waals surface area contributed by atoms with Crippen molar-refractivity contribution in [2.45, 2.75) is 31.8 Å². The molecule has 2 aromatic carbocycles. The minimum Gasteiger partial charge on any atom is -0.489 e. The summed E-state index contributed by atoms with van der Waals surface area (Å²) in [6.45, 7) is 1.30. The molecule has 6 heteroatoms. The zero-order valence-corrected chi connectivity index (χ0v) is 17.0. The van der Waals surface area contributed by atoms with Crippen LogP contribution < -0.4 is 10.1 Å². The number of nitrogens with one attached hydrogen (secondary N) is 1. The molecular weight excluding hydrogens is 384 g/mol. The third-order valence-corrected chi connectivity index (χ3v) is 5.71. The van der Waals surface area contributed by atoms with Gasteiger partial charge >= 0.3 is 0 Å². The summed E-state index contributed by atoms with van der Waals surface area (Å²) in [6.07, 6.45) is 3.65. The third kappa shape index (κ3) is 5.43. The van der Waals surface area contributed by atoms with Crippen LogP contribution in [0.2, 0.25) is 0 Å². The van der Waals surface area contributed by atoms with Gasteiger partial charge in [-0.3, -0.25) is 4.79 Å². The Labute approximate surface area is 174 Å². The first-order valence-electron chi connectivity index (χ1n) is 9.91. The first kappa shape index (κ1) is 19.6.